The van der Waals surface area contributed by atoms with E-state index < -0.39 is 0 Å². The zero-order valence-corrected chi connectivity index (χ0v) is 11.4. The Balaban J connectivity index is 2.15. The SMILES string of the molecule is NSc1ccc(-c2c[nH]c3cc(F)ccc23)cc1CO. The Morgan fingerprint density at radius 3 is 2.80 bits per heavy atom. The number of hydrogen-bond acceptors (Lipinski definition) is 3. The van der Waals surface area contributed by atoms with Crippen LogP contribution in [0.2, 0.25) is 0 Å². The monoisotopic (exact) mass is 288 g/mol. The third kappa shape index (κ3) is 2.20. The van der Waals surface area contributed by atoms with Crippen LogP contribution in [0.25, 0.3) is 22.0 Å². The summed E-state index contributed by atoms with van der Waals surface area (Å²) in [5.41, 5.74) is 3.47. The molecule has 1 heterocycles. The van der Waals surface area contributed by atoms with E-state index >= 15 is 0 Å². The summed E-state index contributed by atoms with van der Waals surface area (Å²) in [6.45, 7) is -0.0651. The Morgan fingerprint density at radius 2 is 2.05 bits per heavy atom. The van der Waals surface area contributed by atoms with Gasteiger partial charge in [0.15, 0.2) is 0 Å². The van der Waals surface area contributed by atoms with Crippen molar-refractivity contribution in [3.05, 3.63) is 54.0 Å². The lowest BCUT2D eigenvalue weighted by atomic mass is 10.0. The fraction of sp³-hybridized carbons (Fsp3) is 0.0667. The van der Waals surface area contributed by atoms with Gasteiger partial charge in [0.1, 0.15) is 5.82 Å². The van der Waals surface area contributed by atoms with Crippen LogP contribution < -0.4 is 5.14 Å². The average molecular weight is 288 g/mol. The van der Waals surface area contributed by atoms with Crippen molar-refractivity contribution in [3.8, 4) is 11.1 Å². The van der Waals surface area contributed by atoms with Crippen LogP contribution in [-0.4, -0.2) is 10.1 Å². The number of nitrogens with two attached hydrogens (primary N) is 1. The lowest BCUT2D eigenvalue weighted by Crippen LogP contribution is -1.91. The molecule has 1 aromatic heterocycles. The van der Waals surface area contributed by atoms with E-state index in [1.165, 1.54) is 12.1 Å². The third-order valence-corrected chi connectivity index (χ3v) is 3.96. The first-order valence-corrected chi connectivity index (χ1v) is 6.98. The van der Waals surface area contributed by atoms with Crippen molar-refractivity contribution < 1.29 is 9.50 Å². The van der Waals surface area contributed by atoms with Gasteiger partial charge < -0.3 is 10.1 Å². The highest BCUT2D eigenvalue weighted by atomic mass is 32.2. The Kier molecular flexibility index (Phi) is 3.48. The molecule has 0 saturated carbocycles. The second-order valence-electron chi connectivity index (χ2n) is 4.49. The number of aliphatic hydroxyl groups is 1. The number of rotatable bonds is 3. The highest BCUT2D eigenvalue weighted by molar-refractivity contribution is 7.97. The summed E-state index contributed by atoms with van der Waals surface area (Å²) >= 11 is 1.11. The van der Waals surface area contributed by atoms with Crippen molar-refractivity contribution in [2.75, 3.05) is 0 Å². The molecule has 0 atom stereocenters. The number of aromatic nitrogens is 1. The summed E-state index contributed by atoms with van der Waals surface area (Å²) in [6.07, 6.45) is 1.84. The van der Waals surface area contributed by atoms with Gasteiger partial charge >= 0.3 is 0 Å². The lowest BCUT2D eigenvalue weighted by molar-refractivity contribution is 0.279. The molecule has 3 aromatic rings. The van der Waals surface area contributed by atoms with Gasteiger partial charge in [0, 0.05) is 27.6 Å². The van der Waals surface area contributed by atoms with Crippen LogP contribution in [0.4, 0.5) is 4.39 Å². The summed E-state index contributed by atoms with van der Waals surface area (Å²) < 4.78 is 13.2. The number of hydrogen-bond donors (Lipinski definition) is 3. The maximum atomic E-state index is 13.2. The summed E-state index contributed by atoms with van der Waals surface area (Å²) in [4.78, 5) is 3.91. The minimum Gasteiger partial charge on any atom is -0.392 e. The molecule has 0 bridgehead atoms. The zero-order valence-electron chi connectivity index (χ0n) is 10.6. The van der Waals surface area contributed by atoms with E-state index in [2.05, 4.69) is 4.98 Å². The number of fused-ring (bicyclic) bond motifs is 1. The van der Waals surface area contributed by atoms with E-state index in [1.807, 2.05) is 24.4 Å². The molecule has 0 fully saturated rings. The molecule has 0 aliphatic carbocycles. The zero-order chi connectivity index (χ0) is 14.1. The van der Waals surface area contributed by atoms with Gasteiger partial charge in [-0.2, -0.15) is 0 Å². The highest BCUT2D eigenvalue weighted by Crippen LogP contribution is 2.31. The average Bonchev–Trinajstić information content (AvgIpc) is 2.89. The number of halogens is 1. The van der Waals surface area contributed by atoms with E-state index in [4.69, 9.17) is 5.14 Å². The first-order chi connectivity index (χ1) is 9.72. The summed E-state index contributed by atoms with van der Waals surface area (Å²) in [7, 11) is 0. The van der Waals surface area contributed by atoms with Crippen molar-refractivity contribution in [1.82, 2.24) is 4.98 Å². The van der Waals surface area contributed by atoms with Gasteiger partial charge in [0.05, 0.1) is 6.61 Å². The molecular weight excluding hydrogens is 275 g/mol. The highest BCUT2D eigenvalue weighted by Gasteiger charge is 2.09. The molecule has 5 heteroatoms. The summed E-state index contributed by atoms with van der Waals surface area (Å²) in [5, 5.41) is 15.9. The molecule has 0 radical (unpaired) electrons. The Bertz CT molecular complexity index is 770. The van der Waals surface area contributed by atoms with Crippen LogP contribution in [0.3, 0.4) is 0 Å². The van der Waals surface area contributed by atoms with E-state index in [0.29, 0.717) is 0 Å². The maximum absolute atomic E-state index is 13.2. The summed E-state index contributed by atoms with van der Waals surface area (Å²) in [6, 6.07) is 10.4. The second kappa shape index (κ2) is 5.28. The van der Waals surface area contributed by atoms with Crippen LogP contribution in [0.5, 0.6) is 0 Å². The standard InChI is InChI=1S/C15H13FN2OS/c16-11-2-3-12-13(7-18-14(12)6-11)9-1-4-15(20-17)10(5-9)8-19/h1-7,18-19H,8,17H2. The molecule has 0 aliphatic heterocycles. The minimum atomic E-state index is -0.267. The molecule has 0 saturated heterocycles. The van der Waals surface area contributed by atoms with Crippen molar-refractivity contribution >= 4 is 22.9 Å². The van der Waals surface area contributed by atoms with Gasteiger partial charge in [-0.15, -0.1) is 0 Å². The molecule has 20 heavy (non-hydrogen) atoms. The van der Waals surface area contributed by atoms with Crippen molar-refractivity contribution in [1.29, 1.82) is 0 Å². The van der Waals surface area contributed by atoms with Gasteiger partial charge in [-0.3, -0.25) is 5.14 Å². The van der Waals surface area contributed by atoms with Crippen molar-refractivity contribution in [3.63, 3.8) is 0 Å². The first kappa shape index (κ1) is 13.2. The number of nitrogens with one attached hydrogen (secondary N) is 1. The van der Waals surface area contributed by atoms with Gasteiger partial charge in [-0.05, 0) is 53.4 Å². The molecule has 102 valence electrons. The minimum absolute atomic E-state index is 0.0651. The van der Waals surface area contributed by atoms with E-state index in [9.17, 15) is 9.50 Å². The summed E-state index contributed by atoms with van der Waals surface area (Å²) in [5.74, 6) is -0.267. The second-order valence-corrected chi connectivity index (χ2v) is 5.17. The Labute approximate surface area is 119 Å². The third-order valence-electron chi connectivity index (χ3n) is 3.31. The van der Waals surface area contributed by atoms with Crippen molar-refractivity contribution in [2.24, 2.45) is 5.14 Å². The predicted octanol–water partition coefficient (Wildman–Crippen LogP) is 3.43. The Hall–Kier alpha value is -1.82. The van der Waals surface area contributed by atoms with Crippen LogP contribution in [-0.2, 0) is 6.61 Å². The van der Waals surface area contributed by atoms with Crippen LogP contribution in [0.15, 0.2) is 47.5 Å². The fourth-order valence-corrected chi connectivity index (χ4v) is 2.74. The number of aliphatic hydroxyl groups excluding tert-OH is 1. The largest absolute Gasteiger partial charge is 0.392 e. The molecule has 0 aliphatic rings. The predicted molar refractivity (Wildman–Crippen MR) is 79.7 cm³/mol. The Morgan fingerprint density at radius 1 is 1.20 bits per heavy atom. The normalized spacial score (nSPS) is 11.2. The molecule has 0 unspecified atom stereocenters. The van der Waals surface area contributed by atoms with E-state index in [-0.39, 0.29) is 12.4 Å². The molecule has 0 spiro atoms. The molecular formula is C15H13FN2OS. The molecule has 0 amide bonds. The number of aromatic amines is 1. The maximum Gasteiger partial charge on any atom is 0.125 e. The lowest BCUT2D eigenvalue weighted by Gasteiger charge is -2.07. The molecule has 2 aromatic carbocycles. The van der Waals surface area contributed by atoms with E-state index in [0.717, 1.165) is 44.4 Å². The molecule has 3 nitrogen and oxygen atoms in total. The molecule has 3 rings (SSSR count). The quantitative estimate of drug-likeness (QED) is 0.647. The van der Waals surface area contributed by atoms with Crippen LogP contribution in [0.1, 0.15) is 5.56 Å². The topological polar surface area (TPSA) is 62.0 Å². The van der Waals surface area contributed by atoms with Gasteiger partial charge in [-0.1, -0.05) is 6.07 Å². The number of benzene rings is 2. The van der Waals surface area contributed by atoms with Crippen molar-refractivity contribution in [2.45, 2.75) is 11.5 Å². The smallest absolute Gasteiger partial charge is 0.125 e. The fourth-order valence-electron chi connectivity index (χ4n) is 2.32. The first-order valence-electron chi connectivity index (χ1n) is 6.10. The van der Waals surface area contributed by atoms with Gasteiger partial charge in [0.2, 0.25) is 0 Å². The molecule has 4 N–H and O–H groups in total. The number of H-pyrrole nitrogens is 1. The van der Waals surface area contributed by atoms with Crippen LogP contribution in [0, 0.1) is 5.82 Å². The van der Waals surface area contributed by atoms with Gasteiger partial charge in [-0.25, -0.2) is 4.39 Å². The van der Waals surface area contributed by atoms with E-state index in [1.54, 1.807) is 6.07 Å². The van der Waals surface area contributed by atoms with Crippen LogP contribution >= 0.6 is 11.9 Å². The van der Waals surface area contributed by atoms with Gasteiger partial charge in [0.25, 0.3) is 0 Å².